The highest BCUT2D eigenvalue weighted by Crippen LogP contribution is 2.44. The standard InChI is InChI=1S/C49H42N2O/c1-4-13-38(14-5-1)39-27-33-44(34-28-39)51(46-20-12-22-48-49(46)45-19-10-11-21-47(45)52-48)43-31-25-37(26-32-43)35-36-23-29-42(30-24-36)50(40-15-6-2-7-16-40)41-17-8-3-9-18-41/h2-3,6-12,15-34,38H,1,4-5,13-14,35H2. The molecule has 254 valence electrons. The van der Waals surface area contributed by atoms with Gasteiger partial charge in [-0.25, -0.2) is 0 Å². The van der Waals surface area contributed by atoms with E-state index in [0.717, 1.165) is 62.5 Å². The topological polar surface area (TPSA) is 19.6 Å². The fraction of sp³-hybridized carbons (Fsp3) is 0.143. The monoisotopic (exact) mass is 674 g/mol. The molecule has 1 aliphatic rings. The third kappa shape index (κ3) is 6.35. The fourth-order valence-corrected chi connectivity index (χ4v) is 8.06. The van der Waals surface area contributed by atoms with Gasteiger partial charge in [-0.05, 0) is 121 Å². The number of nitrogens with zero attached hydrogens (tertiary/aromatic N) is 2. The van der Waals surface area contributed by atoms with Crippen LogP contribution >= 0.6 is 0 Å². The summed E-state index contributed by atoms with van der Waals surface area (Å²) in [7, 11) is 0. The summed E-state index contributed by atoms with van der Waals surface area (Å²) in [5, 5.41) is 2.27. The molecule has 0 amide bonds. The fourth-order valence-electron chi connectivity index (χ4n) is 8.06. The molecule has 3 nitrogen and oxygen atoms in total. The van der Waals surface area contributed by atoms with Crippen LogP contribution in [0.1, 0.15) is 54.7 Å². The second-order valence-electron chi connectivity index (χ2n) is 14.0. The van der Waals surface area contributed by atoms with E-state index < -0.39 is 0 Å². The van der Waals surface area contributed by atoms with Gasteiger partial charge >= 0.3 is 0 Å². The van der Waals surface area contributed by atoms with E-state index in [9.17, 15) is 0 Å². The van der Waals surface area contributed by atoms with Gasteiger partial charge in [0.05, 0.1) is 11.1 Å². The average molecular weight is 675 g/mol. The normalized spacial score (nSPS) is 13.4. The Hall–Kier alpha value is -6.06. The summed E-state index contributed by atoms with van der Waals surface area (Å²) in [4.78, 5) is 4.70. The molecule has 1 fully saturated rings. The molecule has 0 radical (unpaired) electrons. The van der Waals surface area contributed by atoms with Gasteiger partial charge < -0.3 is 14.2 Å². The number of rotatable bonds is 9. The Morgan fingerprint density at radius 3 is 1.54 bits per heavy atom. The van der Waals surface area contributed by atoms with Crippen LogP contribution in [0.4, 0.5) is 34.1 Å². The third-order valence-electron chi connectivity index (χ3n) is 10.7. The predicted octanol–water partition coefficient (Wildman–Crippen LogP) is 14.2. The van der Waals surface area contributed by atoms with Crippen molar-refractivity contribution in [2.75, 3.05) is 9.80 Å². The molecule has 0 atom stereocenters. The van der Waals surface area contributed by atoms with Gasteiger partial charge in [-0.1, -0.05) is 116 Å². The highest BCUT2D eigenvalue weighted by atomic mass is 16.3. The Labute approximate surface area is 306 Å². The zero-order valence-electron chi connectivity index (χ0n) is 29.4. The smallest absolute Gasteiger partial charge is 0.137 e. The van der Waals surface area contributed by atoms with E-state index in [4.69, 9.17) is 4.42 Å². The molecule has 0 aliphatic heterocycles. The largest absolute Gasteiger partial charge is 0.456 e. The summed E-state index contributed by atoms with van der Waals surface area (Å²) in [5.74, 6) is 0.672. The lowest BCUT2D eigenvalue weighted by Crippen LogP contribution is -2.11. The molecule has 0 N–H and O–H groups in total. The Balaban J connectivity index is 1.03. The number of hydrogen-bond donors (Lipinski definition) is 0. The summed E-state index contributed by atoms with van der Waals surface area (Å²) in [6, 6.07) is 63.3. The van der Waals surface area contributed by atoms with Crippen LogP contribution in [0.5, 0.6) is 0 Å². The Kier molecular flexibility index (Phi) is 8.76. The molecule has 1 aliphatic carbocycles. The molecule has 7 aromatic carbocycles. The molecular weight excluding hydrogens is 633 g/mol. The van der Waals surface area contributed by atoms with Gasteiger partial charge in [0, 0.05) is 33.8 Å². The first kappa shape index (κ1) is 31.9. The van der Waals surface area contributed by atoms with Crippen LogP contribution in [0, 0.1) is 0 Å². The van der Waals surface area contributed by atoms with Gasteiger partial charge in [-0.15, -0.1) is 0 Å². The maximum Gasteiger partial charge on any atom is 0.137 e. The van der Waals surface area contributed by atoms with Gasteiger partial charge in [0.15, 0.2) is 0 Å². The van der Waals surface area contributed by atoms with Crippen LogP contribution in [-0.2, 0) is 6.42 Å². The SMILES string of the molecule is c1ccc(N(c2ccccc2)c2ccc(Cc3ccc(N(c4ccc(C5CCCCC5)cc4)c4cccc5oc6ccccc6c45)cc3)cc2)cc1. The minimum absolute atomic E-state index is 0.672. The van der Waals surface area contributed by atoms with E-state index in [1.165, 1.54) is 48.8 Å². The van der Waals surface area contributed by atoms with Crippen LogP contribution in [0.3, 0.4) is 0 Å². The van der Waals surface area contributed by atoms with Crippen LogP contribution in [-0.4, -0.2) is 0 Å². The lowest BCUT2D eigenvalue weighted by Gasteiger charge is -2.28. The zero-order valence-corrected chi connectivity index (χ0v) is 29.4. The third-order valence-corrected chi connectivity index (χ3v) is 10.7. The number of furan rings is 1. The minimum atomic E-state index is 0.672. The van der Waals surface area contributed by atoms with Crippen LogP contribution in [0.2, 0.25) is 0 Å². The Morgan fingerprint density at radius 2 is 0.923 bits per heavy atom. The number of para-hydroxylation sites is 3. The first-order chi connectivity index (χ1) is 25.8. The summed E-state index contributed by atoms with van der Waals surface area (Å²) in [5.41, 5.74) is 12.7. The molecule has 1 saturated carbocycles. The van der Waals surface area contributed by atoms with E-state index in [-0.39, 0.29) is 0 Å². The number of anilines is 6. The van der Waals surface area contributed by atoms with Crippen molar-refractivity contribution in [1.82, 2.24) is 0 Å². The first-order valence-corrected chi connectivity index (χ1v) is 18.7. The molecule has 0 bridgehead atoms. The lowest BCUT2D eigenvalue weighted by molar-refractivity contribution is 0.443. The number of hydrogen-bond acceptors (Lipinski definition) is 3. The van der Waals surface area contributed by atoms with Gasteiger partial charge in [-0.3, -0.25) is 0 Å². The van der Waals surface area contributed by atoms with Crippen molar-refractivity contribution in [3.05, 3.63) is 193 Å². The molecule has 52 heavy (non-hydrogen) atoms. The molecular formula is C49H42N2O. The van der Waals surface area contributed by atoms with Gasteiger partial charge in [0.25, 0.3) is 0 Å². The molecule has 8 aromatic rings. The second kappa shape index (κ2) is 14.3. The van der Waals surface area contributed by atoms with E-state index in [0.29, 0.717) is 5.92 Å². The molecule has 1 heterocycles. The highest BCUT2D eigenvalue weighted by molar-refractivity contribution is 6.13. The van der Waals surface area contributed by atoms with E-state index in [1.807, 2.05) is 6.07 Å². The van der Waals surface area contributed by atoms with Crippen molar-refractivity contribution in [2.24, 2.45) is 0 Å². The summed E-state index contributed by atoms with van der Waals surface area (Å²) >= 11 is 0. The van der Waals surface area contributed by atoms with E-state index >= 15 is 0 Å². The van der Waals surface area contributed by atoms with E-state index in [2.05, 4.69) is 180 Å². The lowest BCUT2D eigenvalue weighted by atomic mass is 9.84. The first-order valence-electron chi connectivity index (χ1n) is 18.7. The maximum atomic E-state index is 6.34. The summed E-state index contributed by atoms with van der Waals surface area (Å²) in [6.45, 7) is 0. The van der Waals surface area contributed by atoms with Gasteiger partial charge in [0.1, 0.15) is 11.2 Å². The van der Waals surface area contributed by atoms with Crippen LogP contribution in [0.15, 0.2) is 180 Å². The minimum Gasteiger partial charge on any atom is -0.456 e. The number of fused-ring (bicyclic) bond motifs is 3. The average Bonchev–Trinajstić information content (AvgIpc) is 3.60. The maximum absolute atomic E-state index is 6.34. The van der Waals surface area contributed by atoms with Gasteiger partial charge in [-0.2, -0.15) is 0 Å². The summed E-state index contributed by atoms with van der Waals surface area (Å²) < 4.78 is 6.34. The van der Waals surface area contributed by atoms with Crippen molar-refractivity contribution >= 4 is 56.1 Å². The van der Waals surface area contributed by atoms with Crippen molar-refractivity contribution in [3.63, 3.8) is 0 Å². The summed E-state index contributed by atoms with van der Waals surface area (Å²) in [6.07, 6.45) is 7.50. The van der Waals surface area contributed by atoms with Crippen LogP contribution in [0.25, 0.3) is 21.9 Å². The molecule has 0 spiro atoms. The second-order valence-corrected chi connectivity index (χ2v) is 14.0. The zero-order chi connectivity index (χ0) is 34.7. The Morgan fingerprint density at radius 1 is 0.423 bits per heavy atom. The molecule has 1 aromatic heterocycles. The highest BCUT2D eigenvalue weighted by Gasteiger charge is 2.21. The molecule has 0 saturated heterocycles. The van der Waals surface area contributed by atoms with E-state index in [1.54, 1.807) is 0 Å². The van der Waals surface area contributed by atoms with Crippen LogP contribution < -0.4 is 9.80 Å². The predicted molar refractivity (Wildman–Crippen MR) is 218 cm³/mol. The van der Waals surface area contributed by atoms with Crippen molar-refractivity contribution in [2.45, 2.75) is 44.4 Å². The van der Waals surface area contributed by atoms with Crippen molar-refractivity contribution < 1.29 is 4.42 Å². The van der Waals surface area contributed by atoms with Crippen molar-refractivity contribution in [1.29, 1.82) is 0 Å². The molecule has 9 rings (SSSR count). The number of benzene rings is 7. The Bertz CT molecular complexity index is 2350. The molecule has 0 unspecified atom stereocenters. The van der Waals surface area contributed by atoms with Gasteiger partial charge in [0.2, 0.25) is 0 Å². The quantitative estimate of drug-likeness (QED) is 0.152. The van der Waals surface area contributed by atoms with Crippen molar-refractivity contribution in [3.8, 4) is 0 Å². The molecule has 3 heteroatoms.